The number of fused-ring (bicyclic) bond motifs is 1. The Morgan fingerprint density at radius 1 is 1.18 bits per heavy atom. The van der Waals surface area contributed by atoms with Crippen LogP contribution < -0.4 is 5.32 Å². The smallest absolute Gasteiger partial charge is 0.107 e. The molecule has 2 heteroatoms. The standard InChI is InChI=1S/C15H17NO/c1-16-15(13-5-3-2-4-6-13)9-7-14-12(11-15)8-10-17-14/h2-6,8,10,16H,7,9,11H2,1H3. The predicted octanol–water partition coefficient (Wildman–Crippen LogP) is 2.88. The van der Waals surface area contributed by atoms with Crippen LogP contribution >= 0.6 is 0 Å². The van der Waals surface area contributed by atoms with Crippen molar-refractivity contribution in [1.29, 1.82) is 0 Å². The first-order chi connectivity index (χ1) is 8.34. The van der Waals surface area contributed by atoms with Crippen LogP contribution in [0.3, 0.4) is 0 Å². The molecule has 1 aromatic carbocycles. The van der Waals surface area contributed by atoms with E-state index in [0.717, 1.165) is 25.0 Å². The Balaban J connectivity index is 2.01. The number of rotatable bonds is 2. The molecule has 1 N–H and O–H groups in total. The summed E-state index contributed by atoms with van der Waals surface area (Å²) in [7, 11) is 2.05. The summed E-state index contributed by atoms with van der Waals surface area (Å²) in [6.45, 7) is 0. The molecule has 1 atom stereocenters. The fraction of sp³-hybridized carbons (Fsp3) is 0.333. The van der Waals surface area contributed by atoms with Crippen molar-refractivity contribution in [3.8, 4) is 0 Å². The average Bonchev–Trinajstić information content (AvgIpc) is 2.86. The van der Waals surface area contributed by atoms with Gasteiger partial charge in [-0.25, -0.2) is 0 Å². The highest BCUT2D eigenvalue weighted by atomic mass is 16.3. The lowest BCUT2D eigenvalue weighted by Gasteiger charge is -2.37. The highest BCUT2D eigenvalue weighted by Gasteiger charge is 2.35. The van der Waals surface area contributed by atoms with E-state index in [0.29, 0.717) is 0 Å². The quantitative estimate of drug-likeness (QED) is 0.853. The third-order valence-electron chi connectivity index (χ3n) is 3.91. The minimum absolute atomic E-state index is 0.0676. The number of benzene rings is 1. The molecule has 0 amide bonds. The topological polar surface area (TPSA) is 25.2 Å². The summed E-state index contributed by atoms with van der Waals surface area (Å²) in [6.07, 6.45) is 4.92. The second kappa shape index (κ2) is 4.04. The van der Waals surface area contributed by atoms with Gasteiger partial charge in [-0.1, -0.05) is 30.3 Å². The molecule has 1 aromatic heterocycles. The van der Waals surface area contributed by atoms with E-state index in [-0.39, 0.29) is 5.54 Å². The molecule has 0 radical (unpaired) electrons. The molecule has 0 fully saturated rings. The predicted molar refractivity (Wildman–Crippen MR) is 67.9 cm³/mol. The molecule has 17 heavy (non-hydrogen) atoms. The van der Waals surface area contributed by atoms with Crippen LogP contribution in [0.4, 0.5) is 0 Å². The van der Waals surface area contributed by atoms with Crippen molar-refractivity contribution in [2.45, 2.75) is 24.8 Å². The van der Waals surface area contributed by atoms with E-state index in [2.05, 4.69) is 48.8 Å². The number of furan rings is 1. The molecular formula is C15H17NO. The van der Waals surface area contributed by atoms with Crippen molar-refractivity contribution < 1.29 is 4.42 Å². The minimum atomic E-state index is 0.0676. The fourth-order valence-electron chi connectivity index (χ4n) is 2.85. The van der Waals surface area contributed by atoms with E-state index in [9.17, 15) is 0 Å². The van der Waals surface area contributed by atoms with Crippen molar-refractivity contribution in [1.82, 2.24) is 5.32 Å². The van der Waals surface area contributed by atoms with Crippen LogP contribution in [0.15, 0.2) is 47.1 Å². The fourth-order valence-corrected chi connectivity index (χ4v) is 2.85. The lowest BCUT2D eigenvalue weighted by Crippen LogP contribution is -2.44. The molecule has 2 aromatic rings. The van der Waals surface area contributed by atoms with E-state index >= 15 is 0 Å². The summed E-state index contributed by atoms with van der Waals surface area (Å²) >= 11 is 0. The maximum atomic E-state index is 5.50. The van der Waals surface area contributed by atoms with Gasteiger partial charge in [-0.3, -0.25) is 0 Å². The van der Waals surface area contributed by atoms with Gasteiger partial charge in [0.2, 0.25) is 0 Å². The molecular weight excluding hydrogens is 210 g/mol. The van der Waals surface area contributed by atoms with Gasteiger partial charge in [0.25, 0.3) is 0 Å². The number of hydrogen-bond donors (Lipinski definition) is 1. The molecule has 1 heterocycles. The molecule has 3 rings (SSSR count). The summed E-state index contributed by atoms with van der Waals surface area (Å²) in [5.74, 6) is 1.16. The van der Waals surface area contributed by atoms with Gasteiger partial charge >= 0.3 is 0 Å². The Hall–Kier alpha value is -1.54. The van der Waals surface area contributed by atoms with E-state index in [1.807, 2.05) is 0 Å². The van der Waals surface area contributed by atoms with Crippen molar-refractivity contribution in [2.75, 3.05) is 7.05 Å². The first-order valence-corrected chi connectivity index (χ1v) is 6.14. The van der Waals surface area contributed by atoms with Crippen LogP contribution in [0, 0.1) is 0 Å². The number of aryl methyl sites for hydroxylation is 1. The van der Waals surface area contributed by atoms with Crippen molar-refractivity contribution in [3.05, 3.63) is 59.5 Å². The van der Waals surface area contributed by atoms with Gasteiger partial charge in [0.15, 0.2) is 0 Å². The largest absolute Gasteiger partial charge is 0.469 e. The summed E-state index contributed by atoms with van der Waals surface area (Å²) in [5.41, 5.74) is 2.78. The second-order valence-corrected chi connectivity index (χ2v) is 4.74. The zero-order valence-corrected chi connectivity index (χ0v) is 10.1. The first-order valence-electron chi connectivity index (χ1n) is 6.14. The highest BCUT2D eigenvalue weighted by Crippen LogP contribution is 2.36. The first kappa shape index (κ1) is 10.6. The molecule has 0 saturated heterocycles. The Kier molecular flexibility index (Phi) is 2.52. The maximum Gasteiger partial charge on any atom is 0.107 e. The van der Waals surface area contributed by atoms with Gasteiger partial charge in [-0.2, -0.15) is 0 Å². The SMILES string of the molecule is CNC1(c2ccccc2)CCc2occc2C1. The average molecular weight is 227 g/mol. The number of hydrogen-bond acceptors (Lipinski definition) is 2. The number of likely N-dealkylation sites (N-methyl/N-ethyl adjacent to an activating group) is 1. The minimum Gasteiger partial charge on any atom is -0.469 e. The van der Waals surface area contributed by atoms with E-state index in [4.69, 9.17) is 4.42 Å². The normalized spacial score (nSPS) is 23.4. The third-order valence-corrected chi connectivity index (χ3v) is 3.91. The molecule has 2 nitrogen and oxygen atoms in total. The van der Waals surface area contributed by atoms with Gasteiger partial charge in [-0.05, 0) is 37.1 Å². The summed E-state index contributed by atoms with van der Waals surface area (Å²) < 4.78 is 5.50. The summed E-state index contributed by atoms with van der Waals surface area (Å²) in [6, 6.07) is 12.8. The van der Waals surface area contributed by atoms with Gasteiger partial charge in [0, 0.05) is 12.0 Å². The third kappa shape index (κ3) is 1.69. The van der Waals surface area contributed by atoms with Crippen molar-refractivity contribution in [3.63, 3.8) is 0 Å². The van der Waals surface area contributed by atoms with Crippen LogP contribution in [0.1, 0.15) is 23.3 Å². The monoisotopic (exact) mass is 227 g/mol. The molecule has 0 saturated carbocycles. The van der Waals surface area contributed by atoms with Crippen molar-refractivity contribution in [2.24, 2.45) is 0 Å². The molecule has 0 aliphatic heterocycles. The molecule has 0 bridgehead atoms. The van der Waals surface area contributed by atoms with Gasteiger partial charge < -0.3 is 9.73 Å². The van der Waals surface area contributed by atoms with Crippen LogP contribution in [-0.2, 0) is 18.4 Å². The molecule has 88 valence electrons. The van der Waals surface area contributed by atoms with Crippen LogP contribution in [0.25, 0.3) is 0 Å². The molecule has 1 aliphatic carbocycles. The lowest BCUT2D eigenvalue weighted by atomic mass is 9.76. The Bertz CT molecular complexity index is 503. The summed E-state index contributed by atoms with van der Waals surface area (Å²) in [5, 5.41) is 3.52. The lowest BCUT2D eigenvalue weighted by molar-refractivity contribution is 0.297. The number of nitrogens with one attached hydrogen (secondary N) is 1. The van der Waals surface area contributed by atoms with Crippen LogP contribution in [0.5, 0.6) is 0 Å². The zero-order valence-electron chi connectivity index (χ0n) is 10.1. The highest BCUT2D eigenvalue weighted by molar-refractivity contribution is 5.33. The molecule has 1 aliphatic rings. The summed E-state index contributed by atoms with van der Waals surface area (Å²) in [4.78, 5) is 0. The van der Waals surface area contributed by atoms with E-state index in [1.54, 1.807) is 6.26 Å². The van der Waals surface area contributed by atoms with Crippen molar-refractivity contribution >= 4 is 0 Å². The Labute approximate surface area is 102 Å². The van der Waals surface area contributed by atoms with E-state index < -0.39 is 0 Å². The maximum absolute atomic E-state index is 5.50. The van der Waals surface area contributed by atoms with Gasteiger partial charge in [0.1, 0.15) is 5.76 Å². The Morgan fingerprint density at radius 3 is 2.76 bits per heavy atom. The molecule has 0 spiro atoms. The van der Waals surface area contributed by atoms with Gasteiger partial charge in [-0.15, -0.1) is 0 Å². The van der Waals surface area contributed by atoms with Gasteiger partial charge in [0.05, 0.1) is 6.26 Å². The molecule has 1 unspecified atom stereocenters. The van der Waals surface area contributed by atoms with Crippen LogP contribution in [0.2, 0.25) is 0 Å². The Morgan fingerprint density at radius 2 is 2.00 bits per heavy atom. The second-order valence-electron chi connectivity index (χ2n) is 4.74. The zero-order chi connectivity index (χ0) is 11.7. The van der Waals surface area contributed by atoms with E-state index in [1.165, 1.54) is 11.1 Å². The van der Waals surface area contributed by atoms with Crippen LogP contribution in [-0.4, -0.2) is 7.05 Å².